The molecule has 10 heteroatoms. The first-order chi connectivity index (χ1) is 14.1. The van der Waals surface area contributed by atoms with Crippen molar-refractivity contribution in [3.8, 4) is 11.5 Å². The monoisotopic (exact) mass is 501 g/mol. The zero-order chi connectivity index (χ0) is 22.1. The van der Waals surface area contributed by atoms with Crippen molar-refractivity contribution in [3.63, 3.8) is 0 Å². The van der Waals surface area contributed by atoms with E-state index in [0.29, 0.717) is 0 Å². The number of hydrogen-bond acceptors (Lipinski definition) is 6. The largest absolute Gasteiger partial charge is 0.507 e. The maximum atomic E-state index is 13.8. The summed E-state index contributed by atoms with van der Waals surface area (Å²) in [6.45, 7) is 0.505. The van der Waals surface area contributed by atoms with Crippen molar-refractivity contribution >= 4 is 31.7 Å². The van der Waals surface area contributed by atoms with E-state index >= 15 is 0 Å². The molecular formula is C20H21BrFNO6S. The van der Waals surface area contributed by atoms with Gasteiger partial charge in [0.25, 0.3) is 5.91 Å². The van der Waals surface area contributed by atoms with Gasteiger partial charge in [0.05, 0.1) is 17.9 Å². The van der Waals surface area contributed by atoms with Crippen LogP contribution in [0.2, 0.25) is 0 Å². The lowest BCUT2D eigenvalue weighted by Crippen LogP contribution is -2.27. The number of benzene rings is 2. The molecule has 2 aromatic rings. The topological polar surface area (TPSA) is 113 Å². The fraction of sp³-hybridized carbons (Fsp3) is 0.350. The summed E-state index contributed by atoms with van der Waals surface area (Å²) in [4.78, 5) is 11.9. The second kappa shape index (κ2) is 8.91. The van der Waals surface area contributed by atoms with Crippen LogP contribution in [0.4, 0.5) is 4.39 Å². The number of ether oxygens (including phenoxy) is 1. The van der Waals surface area contributed by atoms with Crippen LogP contribution in [0.5, 0.6) is 11.5 Å². The average molecular weight is 502 g/mol. The van der Waals surface area contributed by atoms with Gasteiger partial charge in [-0.2, -0.15) is 0 Å². The number of sulfone groups is 1. The molecule has 0 aromatic heterocycles. The van der Waals surface area contributed by atoms with Crippen molar-refractivity contribution in [1.82, 2.24) is 5.32 Å². The highest BCUT2D eigenvalue weighted by molar-refractivity contribution is 9.10. The first kappa shape index (κ1) is 22.5. The standard InChI is InChI=1S/C20H21BrFNO6S/c1-29-5-4-23-20(26)15-7-12(11-2-3-11)6-13(18(15)24)10-30(27,28)17-9-14(21)8-16(22)19(17)25/h6-9,11,24-25H,2-5,10H2,1H3,(H,23,26). The number of carbonyl (C=O) groups is 1. The average Bonchev–Trinajstić information content (AvgIpc) is 3.51. The number of methoxy groups -OCH3 is 1. The zero-order valence-electron chi connectivity index (χ0n) is 16.1. The minimum atomic E-state index is -4.23. The van der Waals surface area contributed by atoms with Crippen molar-refractivity contribution in [3.05, 3.63) is 51.2 Å². The van der Waals surface area contributed by atoms with Gasteiger partial charge in [0, 0.05) is 23.7 Å². The SMILES string of the molecule is COCCNC(=O)c1cc(C2CC2)cc(CS(=O)(=O)c2cc(Br)cc(F)c2O)c1O. The normalized spacial score (nSPS) is 14.0. The van der Waals surface area contributed by atoms with Crippen LogP contribution in [0.25, 0.3) is 0 Å². The Labute approximate surface area is 181 Å². The number of amides is 1. The van der Waals surface area contributed by atoms with Gasteiger partial charge < -0.3 is 20.3 Å². The molecular weight excluding hydrogens is 481 g/mol. The van der Waals surface area contributed by atoms with Gasteiger partial charge in [0.1, 0.15) is 10.6 Å². The van der Waals surface area contributed by atoms with Gasteiger partial charge in [-0.15, -0.1) is 0 Å². The number of phenols is 2. The van der Waals surface area contributed by atoms with E-state index in [0.717, 1.165) is 30.5 Å². The first-order valence-electron chi connectivity index (χ1n) is 9.17. The highest BCUT2D eigenvalue weighted by Crippen LogP contribution is 2.43. The lowest BCUT2D eigenvalue weighted by molar-refractivity contribution is 0.0934. The van der Waals surface area contributed by atoms with Gasteiger partial charge in [-0.25, -0.2) is 12.8 Å². The van der Waals surface area contributed by atoms with Crippen LogP contribution in [0, 0.1) is 5.82 Å². The molecule has 162 valence electrons. The second-order valence-electron chi connectivity index (χ2n) is 7.09. The van der Waals surface area contributed by atoms with Gasteiger partial charge >= 0.3 is 0 Å². The van der Waals surface area contributed by atoms with E-state index < -0.39 is 43.7 Å². The minimum Gasteiger partial charge on any atom is -0.507 e. The molecule has 0 heterocycles. The quantitative estimate of drug-likeness (QED) is 0.478. The fourth-order valence-corrected chi connectivity index (χ4v) is 5.14. The van der Waals surface area contributed by atoms with Crippen molar-refractivity contribution in [2.24, 2.45) is 0 Å². The van der Waals surface area contributed by atoms with Crippen molar-refractivity contribution in [1.29, 1.82) is 0 Å². The molecule has 0 aliphatic heterocycles. The van der Waals surface area contributed by atoms with Crippen LogP contribution in [0.15, 0.2) is 33.6 Å². The lowest BCUT2D eigenvalue weighted by atomic mass is 10.0. The predicted molar refractivity (Wildman–Crippen MR) is 111 cm³/mol. The molecule has 7 nitrogen and oxygen atoms in total. The molecule has 2 aromatic carbocycles. The lowest BCUT2D eigenvalue weighted by Gasteiger charge is -2.14. The molecule has 30 heavy (non-hydrogen) atoms. The molecule has 0 unspecified atom stereocenters. The van der Waals surface area contributed by atoms with Crippen LogP contribution in [0.3, 0.4) is 0 Å². The van der Waals surface area contributed by atoms with Crippen LogP contribution in [-0.4, -0.2) is 44.8 Å². The Kier molecular flexibility index (Phi) is 6.68. The number of phenolic OH excluding ortho intramolecular Hbond substituents is 2. The van der Waals surface area contributed by atoms with Crippen LogP contribution in [-0.2, 0) is 20.3 Å². The smallest absolute Gasteiger partial charge is 0.255 e. The summed E-state index contributed by atoms with van der Waals surface area (Å²) in [6, 6.07) is 5.14. The molecule has 1 aliphatic carbocycles. The van der Waals surface area contributed by atoms with Crippen molar-refractivity contribution in [2.45, 2.75) is 29.4 Å². The molecule has 1 saturated carbocycles. The molecule has 0 radical (unpaired) electrons. The number of rotatable bonds is 8. The summed E-state index contributed by atoms with van der Waals surface area (Å²) in [5, 5.41) is 23.1. The number of halogens is 2. The molecule has 1 aliphatic rings. The summed E-state index contributed by atoms with van der Waals surface area (Å²) in [6.07, 6.45) is 1.80. The Morgan fingerprint density at radius 3 is 2.57 bits per heavy atom. The van der Waals surface area contributed by atoms with Crippen molar-refractivity contribution in [2.75, 3.05) is 20.3 Å². The number of hydrogen-bond donors (Lipinski definition) is 3. The Balaban J connectivity index is 2.00. The molecule has 1 fully saturated rings. The Morgan fingerprint density at radius 2 is 1.93 bits per heavy atom. The van der Waals surface area contributed by atoms with E-state index in [1.54, 1.807) is 12.1 Å². The summed E-state index contributed by atoms with van der Waals surface area (Å²) in [7, 11) is -2.74. The zero-order valence-corrected chi connectivity index (χ0v) is 18.5. The molecule has 0 saturated heterocycles. The van der Waals surface area contributed by atoms with Crippen LogP contribution in [0.1, 0.15) is 40.2 Å². The van der Waals surface area contributed by atoms with Gasteiger partial charge in [0.15, 0.2) is 21.4 Å². The minimum absolute atomic E-state index is 0.0103. The molecule has 0 bridgehead atoms. The summed E-state index contributed by atoms with van der Waals surface area (Å²) in [5.41, 5.74) is 0.723. The van der Waals surface area contributed by atoms with E-state index in [1.165, 1.54) is 7.11 Å². The van der Waals surface area contributed by atoms with Gasteiger partial charge in [-0.1, -0.05) is 22.0 Å². The highest BCUT2D eigenvalue weighted by Gasteiger charge is 2.30. The van der Waals surface area contributed by atoms with Gasteiger partial charge in [-0.3, -0.25) is 4.79 Å². The maximum absolute atomic E-state index is 13.8. The van der Waals surface area contributed by atoms with E-state index in [2.05, 4.69) is 21.2 Å². The first-order valence-corrected chi connectivity index (χ1v) is 11.6. The van der Waals surface area contributed by atoms with E-state index in [1.807, 2.05) is 0 Å². The van der Waals surface area contributed by atoms with Gasteiger partial charge in [-0.05, 0) is 42.5 Å². The Bertz CT molecular complexity index is 1090. The number of carbonyl (C=O) groups excluding carboxylic acids is 1. The third-order valence-corrected chi connectivity index (χ3v) is 6.90. The second-order valence-corrected chi connectivity index (χ2v) is 9.97. The fourth-order valence-electron chi connectivity index (χ4n) is 3.08. The summed E-state index contributed by atoms with van der Waals surface area (Å²) in [5.74, 6) is -3.61. The van der Waals surface area contributed by atoms with E-state index in [-0.39, 0.29) is 34.7 Å². The molecule has 3 rings (SSSR count). The van der Waals surface area contributed by atoms with Crippen molar-refractivity contribution < 1.29 is 32.6 Å². The van der Waals surface area contributed by atoms with E-state index in [9.17, 15) is 27.8 Å². The van der Waals surface area contributed by atoms with Crippen LogP contribution >= 0.6 is 15.9 Å². The molecule has 0 spiro atoms. The molecule has 1 amide bonds. The van der Waals surface area contributed by atoms with Gasteiger partial charge in [0.2, 0.25) is 0 Å². The predicted octanol–water partition coefficient (Wildman–Crippen LogP) is 3.23. The molecule has 3 N–H and O–H groups in total. The summed E-state index contributed by atoms with van der Waals surface area (Å²) < 4.78 is 44.6. The third-order valence-electron chi connectivity index (χ3n) is 4.77. The third kappa shape index (κ3) is 4.93. The van der Waals surface area contributed by atoms with E-state index in [4.69, 9.17) is 4.74 Å². The maximum Gasteiger partial charge on any atom is 0.255 e. The van der Waals surface area contributed by atoms with Crippen LogP contribution < -0.4 is 5.32 Å². The highest BCUT2D eigenvalue weighted by atomic mass is 79.9. The molecule has 0 atom stereocenters. The summed E-state index contributed by atoms with van der Waals surface area (Å²) >= 11 is 3.01. The number of nitrogens with one attached hydrogen (secondary N) is 1. The Morgan fingerprint density at radius 1 is 1.23 bits per heavy atom. The Hall–Kier alpha value is -2.17. The number of aromatic hydroxyl groups is 2.